The average Bonchev–Trinajstić information content (AvgIpc) is 2.48. The van der Waals surface area contributed by atoms with E-state index < -0.39 is 5.91 Å². The van der Waals surface area contributed by atoms with Gasteiger partial charge >= 0.3 is 0 Å². The second-order valence-electron chi connectivity index (χ2n) is 4.22. The Morgan fingerprint density at radius 3 is 2.81 bits per heavy atom. The third kappa shape index (κ3) is 4.11. The van der Waals surface area contributed by atoms with Gasteiger partial charge in [-0.2, -0.15) is 0 Å². The highest BCUT2D eigenvalue weighted by molar-refractivity contribution is 6.31. The average molecular weight is 308 g/mol. The van der Waals surface area contributed by atoms with Crippen molar-refractivity contribution in [2.45, 2.75) is 0 Å². The molecule has 0 saturated carbocycles. The number of benzene rings is 2. The minimum Gasteiger partial charge on any atom is -0.507 e. The molecule has 0 radical (unpaired) electrons. The lowest BCUT2D eigenvalue weighted by molar-refractivity contribution is 0.102. The van der Waals surface area contributed by atoms with Gasteiger partial charge in [0.2, 0.25) is 0 Å². The monoisotopic (exact) mass is 307 g/mol. The van der Waals surface area contributed by atoms with E-state index in [0.717, 1.165) is 0 Å². The molecule has 3 N–H and O–H groups in total. The second-order valence-corrected chi connectivity index (χ2v) is 4.65. The molecule has 2 rings (SSSR count). The van der Waals surface area contributed by atoms with Crippen LogP contribution in [-0.4, -0.2) is 29.3 Å². The summed E-state index contributed by atoms with van der Waals surface area (Å²) in [6, 6.07) is 11.0. The summed E-state index contributed by atoms with van der Waals surface area (Å²) in [5.41, 5.74) is 0.596. The Hall–Kier alpha value is -2.24. The van der Waals surface area contributed by atoms with Crippen molar-refractivity contribution in [3.63, 3.8) is 0 Å². The highest BCUT2D eigenvalue weighted by atomic mass is 35.5. The molecule has 0 fully saturated rings. The quantitative estimate of drug-likeness (QED) is 0.793. The summed E-state index contributed by atoms with van der Waals surface area (Å²) in [4.78, 5) is 12.1. The number of carbonyl (C=O) groups is 1. The van der Waals surface area contributed by atoms with Gasteiger partial charge in [-0.25, -0.2) is 0 Å². The molecular formula is C15H14ClNO4. The van der Waals surface area contributed by atoms with Crippen LogP contribution in [0.1, 0.15) is 10.4 Å². The van der Waals surface area contributed by atoms with Crippen LogP contribution >= 0.6 is 11.6 Å². The Balaban J connectivity index is 2.14. The van der Waals surface area contributed by atoms with E-state index in [1.165, 1.54) is 18.2 Å². The van der Waals surface area contributed by atoms with E-state index in [4.69, 9.17) is 21.4 Å². The third-order valence-corrected chi connectivity index (χ3v) is 2.89. The van der Waals surface area contributed by atoms with Gasteiger partial charge in [0.25, 0.3) is 5.91 Å². The number of phenolic OH excluding ortho intramolecular Hbond substituents is 1. The maximum Gasteiger partial charge on any atom is 0.259 e. The molecule has 0 aliphatic carbocycles. The van der Waals surface area contributed by atoms with Crippen molar-refractivity contribution >= 4 is 23.2 Å². The molecule has 2 aromatic rings. The lowest BCUT2D eigenvalue weighted by Crippen LogP contribution is -2.12. The zero-order chi connectivity index (χ0) is 15.2. The van der Waals surface area contributed by atoms with Crippen molar-refractivity contribution < 1.29 is 19.7 Å². The van der Waals surface area contributed by atoms with Gasteiger partial charge in [-0.3, -0.25) is 4.79 Å². The molecule has 2 aromatic carbocycles. The standard InChI is InChI=1S/C15H14ClNO4/c16-10-4-5-14(19)13(8-10)15(20)17-11-2-1-3-12(9-11)21-7-6-18/h1-5,8-9,18-19H,6-7H2,(H,17,20). The number of aromatic hydroxyl groups is 1. The molecule has 0 saturated heterocycles. The number of aliphatic hydroxyl groups excluding tert-OH is 1. The Labute approximate surface area is 126 Å². The first-order chi connectivity index (χ1) is 10.1. The van der Waals surface area contributed by atoms with E-state index in [2.05, 4.69) is 5.32 Å². The molecule has 0 heterocycles. The van der Waals surface area contributed by atoms with Gasteiger partial charge in [-0.1, -0.05) is 17.7 Å². The second kappa shape index (κ2) is 6.97. The summed E-state index contributed by atoms with van der Waals surface area (Å²) in [5, 5.41) is 21.4. The van der Waals surface area contributed by atoms with Gasteiger partial charge in [0.1, 0.15) is 18.1 Å². The maximum absolute atomic E-state index is 12.1. The number of carbonyl (C=O) groups excluding carboxylic acids is 1. The van der Waals surface area contributed by atoms with E-state index in [1.807, 2.05) is 0 Å². The van der Waals surface area contributed by atoms with Gasteiger partial charge < -0.3 is 20.3 Å². The van der Waals surface area contributed by atoms with Gasteiger partial charge in [-0.05, 0) is 30.3 Å². The number of rotatable bonds is 5. The summed E-state index contributed by atoms with van der Waals surface area (Å²) in [6.45, 7) is 0.0828. The Bertz CT molecular complexity index is 645. The molecule has 0 aliphatic rings. The summed E-state index contributed by atoms with van der Waals surface area (Å²) >= 11 is 5.81. The third-order valence-electron chi connectivity index (χ3n) is 2.66. The van der Waals surface area contributed by atoms with Crippen LogP contribution in [0.25, 0.3) is 0 Å². The highest BCUT2D eigenvalue weighted by Crippen LogP contribution is 2.23. The van der Waals surface area contributed by atoms with Crippen molar-refractivity contribution in [1.82, 2.24) is 0 Å². The van der Waals surface area contributed by atoms with Gasteiger partial charge in [0.05, 0.1) is 12.2 Å². The molecule has 0 aromatic heterocycles. The fourth-order valence-corrected chi connectivity index (χ4v) is 1.89. The van der Waals surface area contributed by atoms with Crippen molar-refractivity contribution in [3.8, 4) is 11.5 Å². The SMILES string of the molecule is O=C(Nc1cccc(OCCO)c1)c1cc(Cl)ccc1O. The maximum atomic E-state index is 12.1. The molecule has 6 heteroatoms. The minimum absolute atomic E-state index is 0.0872. The fourth-order valence-electron chi connectivity index (χ4n) is 1.72. The van der Waals surface area contributed by atoms with Crippen LogP contribution in [0.2, 0.25) is 5.02 Å². The molecule has 1 amide bonds. The molecule has 21 heavy (non-hydrogen) atoms. The van der Waals surface area contributed by atoms with Gasteiger partial charge in [-0.15, -0.1) is 0 Å². The largest absolute Gasteiger partial charge is 0.507 e. The lowest BCUT2D eigenvalue weighted by atomic mass is 10.2. The molecule has 0 aliphatic heterocycles. The zero-order valence-electron chi connectivity index (χ0n) is 11.0. The van der Waals surface area contributed by atoms with Crippen LogP contribution in [0.15, 0.2) is 42.5 Å². The molecule has 5 nitrogen and oxygen atoms in total. The van der Waals surface area contributed by atoms with Gasteiger partial charge in [0, 0.05) is 16.8 Å². The van der Waals surface area contributed by atoms with Crippen LogP contribution in [-0.2, 0) is 0 Å². The molecule has 0 bridgehead atoms. The van der Waals surface area contributed by atoms with Crippen molar-refractivity contribution in [2.24, 2.45) is 0 Å². The van der Waals surface area contributed by atoms with E-state index in [1.54, 1.807) is 24.3 Å². The molecular weight excluding hydrogens is 294 g/mol. The first-order valence-corrected chi connectivity index (χ1v) is 6.61. The number of aliphatic hydroxyl groups is 1. The Kier molecular flexibility index (Phi) is 5.03. The van der Waals surface area contributed by atoms with E-state index in [9.17, 15) is 9.90 Å². The van der Waals surface area contributed by atoms with Gasteiger partial charge in [0.15, 0.2) is 0 Å². The van der Waals surface area contributed by atoms with Crippen LogP contribution in [0.3, 0.4) is 0 Å². The normalized spacial score (nSPS) is 10.2. The molecule has 0 spiro atoms. The number of hydrogen-bond donors (Lipinski definition) is 3. The highest BCUT2D eigenvalue weighted by Gasteiger charge is 2.12. The molecule has 0 atom stereocenters. The van der Waals surface area contributed by atoms with Crippen molar-refractivity contribution in [2.75, 3.05) is 18.5 Å². The van der Waals surface area contributed by atoms with Crippen molar-refractivity contribution in [1.29, 1.82) is 0 Å². The van der Waals surface area contributed by atoms with E-state index in [-0.39, 0.29) is 24.5 Å². The number of halogens is 1. The lowest BCUT2D eigenvalue weighted by Gasteiger charge is -2.09. The summed E-state index contributed by atoms with van der Waals surface area (Å²) < 4.78 is 5.25. The van der Waals surface area contributed by atoms with Crippen LogP contribution < -0.4 is 10.1 Å². The number of anilines is 1. The summed E-state index contributed by atoms with van der Waals surface area (Å²) in [6.07, 6.45) is 0. The first-order valence-electron chi connectivity index (χ1n) is 6.24. The number of hydrogen-bond acceptors (Lipinski definition) is 4. The molecule has 0 unspecified atom stereocenters. The molecule has 110 valence electrons. The van der Waals surface area contributed by atoms with Crippen LogP contribution in [0, 0.1) is 0 Å². The smallest absolute Gasteiger partial charge is 0.259 e. The summed E-state index contributed by atoms with van der Waals surface area (Å²) in [5.74, 6) is -0.101. The Morgan fingerprint density at radius 1 is 1.24 bits per heavy atom. The van der Waals surface area contributed by atoms with Crippen LogP contribution in [0.4, 0.5) is 5.69 Å². The van der Waals surface area contributed by atoms with E-state index in [0.29, 0.717) is 16.5 Å². The Morgan fingerprint density at radius 2 is 2.05 bits per heavy atom. The number of amides is 1. The number of phenols is 1. The van der Waals surface area contributed by atoms with E-state index >= 15 is 0 Å². The summed E-state index contributed by atoms with van der Waals surface area (Å²) in [7, 11) is 0. The fraction of sp³-hybridized carbons (Fsp3) is 0.133. The number of ether oxygens (including phenoxy) is 1. The van der Waals surface area contributed by atoms with Crippen molar-refractivity contribution in [3.05, 3.63) is 53.1 Å². The predicted octanol–water partition coefficient (Wildman–Crippen LogP) is 2.67. The minimum atomic E-state index is -0.477. The topological polar surface area (TPSA) is 78.8 Å². The number of nitrogens with one attached hydrogen (secondary N) is 1. The predicted molar refractivity (Wildman–Crippen MR) is 80.1 cm³/mol. The van der Waals surface area contributed by atoms with Crippen LogP contribution in [0.5, 0.6) is 11.5 Å². The zero-order valence-corrected chi connectivity index (χ0v) is 11.8. The first kappa shape index (κ1) is 15.2.